The summed E-state index contributed by atoms with van der Waals surface area (Å²) in [7, 11) is 0. The van der Waals surface area contributed by atoms with Crippen LogP contribution in [0.2, 0.25) is 0 Å². The van der Waals surface area contributed by atoms with Crippen LogP contribution in [0.4, 0.5) is 0 Å². The smallest absolute Gasteiger partial charge is 0.00730 e. The molecule has 0 aliphatic heterocycles. The number of hydrogen-bond acceptors (Lipinski definition) is 0. The van der Waals surface area contributed by atoms with Gasteiger partial charge in [-0.15, -0.1) is 0 Å². The Labute approximate surface area is 134 Å². The van der Waals surface area contributed by atoms with E-state index in [1.54, 1.807) is 0 Å². The lowest BCUT2D eigenvalue weighted by Gasteiger charge is -2.24. The molecule has 1 aliphatic rings. The van der Waals surface area contributed by atoms with E-state index in [9.17, 15) is 0 Å². The maximum absolute atomic E-state index is 2.40. The zero-order valence-electron chi connectivity index (χ0n) is 14.4. The molecule has 0 N–H and O–H groups in total. The van der Waals surface area contributed by atoms with Gasteiger partial charge in [0.1, 0.15) is 0 Å². The molecule has 1 atom stereocenters. The Hall–Kier alpha value is -1.82. The second-order valence-corrected chi connectivity index (χ2v) is 7.27. The maximum Gasteiger partial charge on any atom is 0.00730 e. The monoisotopic (exact) mass is 290 g/mol. The molecule has 2 aromatic rings. The molecule has 1 aliphatic carbocycles. The van der Waals surface area contributed by atoms with Crippen LogP contribution in [0.3, 0.4) is 0 Å². The fourth-order valence-corrected chi connectivity index (χ4v) is 3.34. The molecule has 114 valence electrons. The van der Waals surface area contributed by atoms with Crippen molar-refractivity contribution in [1.29, 1.82) is 0 Å². The van der Waals surface area contributed by atoms with Crippen LogP contribution >= 0.6 is 0 Å². The van der Waals surface area contributed by atoms with Crippen LogP contribution in [0.5, 0.6) is 0 Å². The molecule has 0 saturated heterocycles. The molecule has 0 heterocycles. The number of rotatable bonds is 3. The molecule has 0 unspecified atom stereocenters. The van der Waals surface area contributed by atoms with Gasteiger partial charge >= 0.3 is 0 Å². The third-order valence-electron chi connectivity index (χ3n) is 5.35. The highest BCUT2D eigenvalue weighted by molar-refractivity contribution is 5.91. The van der Waals surface area contributed by atoms with Gasteiger partial charge in [-0.25, -0.2) is 0 Å². The molecule has 2 aromatic carbocycles. The minimum atomic E-state index is 0.248. The van der Waals surface area contributed by atoms with Gasteiger partial charge in [-0.2, -0.15) is 0 Å². The summed E-state index contributed by atoms with van der Waals surface area (Å²) < 4.78 is 0. The van der Waals surface area contributed by atoms with Gasteiger partial charge in [0.05, 0.1) is 0 Å². The van der Waals surface area contributed by atoms with Crippen LogP contribution in [0.25, 0.3) is 11.6 Å². The lowest BCUT2D eigenvalue weighted by atomic mass is 9.81. The summed E-state index contributed by atoms with van der Waals surface area (Å²) >= 11 is 0. The molecule has 0 aromatic heterocycles. The Morgan fingerprint density at radius 2 is 1.82 bits per heavy atom. The fourth-order valence-electron chi connectivity index (χ4n) is 3.34. The third-order valence-corrected chi connectivity index (χ3v) is 5.35. The normalized spacial score (nSPS) is 17.3. The van der Waals surface area contributed by atoms with Gasteiger partial charge in [0.2, 0.25) is 0 Å². The molecular weight excluding hydrogens is 264 g/mol. The molecule has 0 spiro atoms. The van der Waals surface area contributed by atoms with E-state index in [2.05, 4.69) is 83.2 Å². The van der Waals surface area contributed by atoms with Gasteiger partial charge < -0.3 is 0 Å². The summed E-state index contributed by atoms with van der Waals surface area (Å²) in [5, 5.41) is 0. The van der Waals surface area contributed by atoms with Crippen molar-refractivity contribution in [2.45, 2.75) is 52.4 Å². The molecule has 0 amide bonds. The van der Waals surface area contributed by atoms with E-state index in [0.717, 1.165) is 6.42 Å². The number of benzene rings is 2. The van der Waals surface area contributed by atoms with Crippen molar-refractivity contribution in [3.63, 3.8) is 0 Å². The molecule has 0 radical (unpaired) electrons. The molecule has 22 heavy (non-hydrogen) atoms. The van der Waals surface area contributed by atoms with E-state index < -0.39 is 0 Å². The fraction of sp³-hybridized carbons (Fsp3) is 0.364. The minimum absolute atomic E-state index is 0.248. The lowest BCUT2D eigenvalue weighted by molar-refractivity contribution is 0.506. The largest absolute Gasteiger partial charge is 0.0646 e. The van der Waals surface area contributed by atoms with Crippen molar-refractivity contribution in [2.75, 3.05) is 0 Å². The van der Waals surface area contributed by atoms with E-state index >= 15 is 0 Å². The summed E-state index contributed by atoms with van der Waals surface area (Å²) in [6.45, 7) is 11.4. The Morgan fingerprint density at radius 3 is 2.50 bits per heavy atom. The van der Waals surface area contributed by atoms with Crippen LogP contribution in [0.1, 0.15) is 67.9 Å². The SMILES string of the molecule is CCC(C)(C)c1ccc2c(c1)C=C(c1cccc(C)c1)[C@H]2C. The van der Waals surface area contributed by atoms with Gasteiger partial charge in [-0.3, -0.25) is 0 Å². The number of hydrogen-bond donors (Lipinski definition) is 0. The van der Waals surface area contributed by atoms with Gasteiger partial charge in [-0.1, -0.05) is 81.8 Å². The first-order chi connectivity index (χ1) is 10.4. The van der Waals surface area contributed by atoms with Crippen LogP contribution in [0, 0.1) is 6.92 Å². The average Bonchev–Trinajstić information content (AvgIpc) is 2.84. The van der Waals surface area contributed by atoms with Gasteiger partial charge in [0.15, 0.2) is 0 Å². The summed E-state index contributed by atoms with van der Waals surface area (Å²) in [6.07, 6.45) is 3.56. The third kappa shape index (κ3) is 2.52. The Bertz CT molecular complexity index is 731. The van der Waals surface area contributed by atoms with Crippen molar-refractivity contribution in [3.8, 4) is 0 Å². The quantitative estimate of drug-likeness (QED) is 0.618. The van der Waals surface area contributed by atoms with Crippen LogP contribution in [0.15, 0.2) is 42.5 Å². The van der Waals surface area contributed by atoms with Crippen molar-refractivity contribution in [2.24, 2.45) is 0 Å². The Balaban J connectivity index is 2.04. The molecule has 0 fully saturated rings. The average molecular weight is 290 g/mol. The highest BCUT2D eigenvalue weighted by atomic mass is 14.3. The second kappa shape index (κ2) is 5.43. The number of aryl methyl sites for hydroxylation is 1. The topological polar surface area (TPSA) is 0 Å². The van der Waals surface area contributed by atoms with E-state index in [4.69, 9.17) is 0 Å². The van der Waals surface area contributed by atoms with Crippen molar-refractivity contribution >= 4 is 11.6 Å². The maximum atomic E-state index is 2.40. The van der Waals surface area contributed by atoms with Crippen LogP contribution in [-0.4, -0.2) is 0 Å². The zero-order valence-corrected chi connectivity index (χ0v) is 14.4. The van der Waals surface area contributed by atoms with Gasteiger partial charge in [0, 0.05) is 5.92 Å². The van der Waals surface area contributed by atoms with E-state index in [0.29, 0.717) is 5.92 Å². The first-order valence-electron chi connectivity index (χ1n) is 8.35. The van der Waals surface area contributed by atoms with Crippen molar-refractivity contribution in [3.05, 3.63) is 70.3 Å². The van der Waals surface area contributed by atoms with E-state index in [-0.39, 0.29) is 5.41 Å². The van der Waals surface area contributed by atoms with Gasteiger partial charge in [0.25, 0.3) is 0 Å². The summed E-state index contributed by atoms with van der Waals surface area (Å²) in [6, 6.07) is 15.9. The Morgan fingerprint density at radius 1 is 1.05 bits per heavy atom. The van der Waals surface area contributed by atoms with Crippen LogP contribution < -0.4 is 0 Å². The molecule has 0 heteroatoms. The molecule has 0 saturated carbocycles. The molecule has 3 rings (SSSR count). The minimum Gasteiger partial charge on any atom is -0.0646 e. The first-order valence-corrected chi connectivity index (χ1v) is 8.35. The molecule has 0 nitrogen and oxygen atoms in total. The molecular formula is C22H26. The highest BCUT2D eigenvalue weighted by Gasteiger charge is 2.25. The molecule has 0 bridgehead atoms. The van der Waals surface area contributed by atoms with Crippen molar-refractivity contribution < 1.29 is 0 Å². The summed E-state index contributed by atoms with van der Waals surface area (Å²) in [4.78, 5) is 0. The predicted molar refractivity (Wildman–Crippen MR) is 97.2 cm³/mol. The summed E-state index contributed by atoms with van der Waals surface area (Å²) in [5.41, 5.74) is 8.70. The highest BCUT2D eigenvalue weighted by Crippen LogP contribution is 2.43. The van der Waals surface area contributed by atoms with Crippen LogP contribution in [-0.2, 0) is 5.41 Å². The number of fused-ring (bicyclic) bond motifs is 1. The van der Waals surface area contributed by atoms with Crippen molar-refractivity contribution in [1.82, 2.24) is 0 Å². The standard InChI is InChI=1S/C22H26/c1-6-22(4,5)19-10-11-20-16(3)21(14-18(20)13-19)17-9-7-8-15(2)12-17/h7-14,16H,6H2,1-5H3/t16-/m0/s1. The Kier molecular flexibility index (Phi) is 3.72. The van der Waals surface area contributed by atoms with E-state index in [1.807, 2.05) is 0 Å². The first kappa shape index (κ1) is 15.1. The van der Waals surface area contributed by atoms with E-state index in [1.165, 1.54) is 33.4 Å². The summed E-state index contributed by atoms with van der Waals surface area (Å²) in [5.74, 6) is 0.482. The predicted octanol–water partition coefficient (Wildman–Crippen LogP) is 6.34. The number of allylic oxidation sites excluding steroid dienone is 1. The lowest BCUT2D eigenvalue weighted by Crippen LogP contribution is -2.15. The van der Waals surface area contributed by atoms with Gasteiger partial charge in [-0.05, 0) is 46.6 Å². The second-order valence-electron chi connectivity index (χ2n) is 7.27. The zero-order chi connectivity index (χ0) is 15.9.